The van der Waals surface area contributed by atoms with Crippen molar-refractivity contribution in [2.45, 2.75) is 20.4 Å². The lowest BCUT2D eigenvalue weighted by Crippen LogP contribution is -2.30. The van der Waals surface area contributed by atoms with Gasteiger partial charge < -0.3 is 14.4 Å². The van der Waals surface area contributed by atoms with Crippen molar-refractivity contribution in [2.75, 3.05) is 20.3 Å². The Kier molecular flexibility index (Phi) is 6.82. The second-order valence-corrected chi connectivity index (χ2v) is 7.04. The van der Waals surface area contributed by atoms with E-state index in [1.54, 1.807) is 13.0 Å². The van der Waals surface area contributed by atoms with E-state index in [1.165, 1.54) is 35.5 Å². The molecule has 140 valence electrons. The Morgan fingerprint density at radius 2 is 2.04 bits per heavy atom. The topological polar surface area (TPSA) is 81.9 Å². The average Bonchev–Trinajstić information content (AvgIpc) is 3.03. The summed E-state index contributed by atoms with van der Waals surface area (Å²) >= 11 is 7.30. The molecule has 0 saturated carbocycles. The number of benzene rings is 1. The van der Waals surface area contributed by atoms with Gasteiger partial charge in [-0.25, -0.2) is 0 Å². The molecule has 1 aromatic heterocycles. The summed E-state index contributed by atoms with van der Waals surface area (Å²) in [6.45, 7) is 4.64. The van der Waals surface area contributed by atoms with E-state index in [1.807, 2.05) is 13.0 Å². The summed E-state index contributed by atoms with van der Waals surface area (Å²) in [5, 5.41) is 11.5. The van der Waals surface area contributed by atoms with Crippen molar-refractivity contribution in [2.24, 2.45) is 0 Å². The van der Waals surface area contributed by atoms with Crippen LogP contribution in [-0.4, -0.2) is 36.0 Å². The lowest BCUT2D eigenvalue weighted by Gasteiger charge is -2.21. The van der Waals surface area contributed by atoms with Crippen LogP contribution in [0.15, 0.2) is 24.3 Å². The standard InChI is InChI=1S/C17H19ClN2O5S/c1-4-19(10-11-6-7-16(18)26-11)17(21)12-8-15(25-5-2)14(24-3)9-13(12)20(22)23/h6-9H,4-5,10H2,1-3H3. The second-order valence-electron chi connectivity index (χ2n) is 5.24. The van der Waals surface area contributed by atoms with Crippen LogP contribution in [0.3, 0.4) is 0 Å². The minimum atomic E-state index is -0.596. The third-order valence-corrected chi connectivity index (χ3v) is 4.87. The number of nitro groups is 1. The van der Waals surface area contributed by atoms with E-state index >= 15 is 0 Å². The van der Waals surface area contributed by atoms with Crippen molar-refractivity contribution < 1.29 is 19.2 Å². The Hall–Kier alpha value is -2.32. The molecule has 0 atom stereocenters. The Labute approximate surface area is 160 Å². The molecule has 0 unspecified atom stereocenters. The number of carbonyl (C=O) groups excluding carboxylic acids is 1. The van der Waals surface area contributed by atoms with E-state index in [0.29, 0.717) is 29.8 Å². The number of methoxy groups -OCH3 is 1. The van der Waals surface area contributed by atoms with Crippen LogP contribution >= 0.6 is 22.9 Å². The SMILES string of the molecule is CCOc1cc(C(=O)N(CC)Cc2ccc(Cl)s2)c([N+](=O)[O-])cc1OC. The summed E-state index contributed by atoms with van der Waals surface area (Å²) < 4.78 is 11.2. The van der Waals surface area contributed by atoms with Crippen LogP contribution in [0.1, 0.15) is 29.1 Å². The van der Waals surface area contributed by atoms with Gasteiger partial charge in [-0.1, -0.05) is 11.6 Å². The first-order valence-electron chi connectivity index (χ1n) is 7.93. The second kappa shape index (κ2) is 8.86. The molecule has 0 aliphatic carbocycles. The number of ether oxygens (including phenoxy) is 2. The molecule has 1 aromatic carbocycles. The molecule has 0 bridgehead atoms. The zero-order valence-corrected chi connectivity index (χ0v) is 16.2. The molecular formula is C17H19ClN2O5S. The predicted octanol–water partition coefficient (Wildman–Crippen LogP) is 4.38. The molecule has 0 fully saturated rings. The summed E-state index contributed by atoms with van der Waals surface area (Å²) in [6.07, 6.45) is 0. The van der Waals surface area contributed by atoms with Crippen molar-refractivity contribution >= 4 is 34.5 Å². The fourth-order valence-electron chi connectivity index (χ4n) is 2.42. The van der Waals surface area contributed by atoms with E-state index in [9.17, 15) is 14.9 Å². The fourth-order valence-corrected chi connectivity index (χ4v) is 3.53. The normalized spacial score (nSPS) is 10.5. The van der Waals surface area contributed by atoms with Gasteiger partial charge in [0.2, 0.25) is 0 Å². The maximum atomic E-state index is 13.0. The van der Waals surface area contributed by atoms with Crippen LogP contribution in [0.5, 0.6) is 11.5 Å². The van der Waals surface area contributed by atoms with E-state index in [0.717, 1.165) is 4.88 Å². The van der Waals surface area contributed by atoms with Crippen molar-refractivity contribution in [1.29, 1.82) is 0 Å². The van der Waals surface area contributed by atoms with Crippen LogP contribution < -0.4 is 9.47 Å². The summed E-state index contributed by atoms with van der Waals surface area (Å²) in [7, 11) is 1.39. The highest BCUT2D eigenvalue weighted by molar-refractivity contribution is 7.16. The van der Waals surface area contributed by atoms with Gasteiger partial charge in [-0.05, 0) is 26.0 Å². The minimum Gasteiger partial charge on any atom is -0.493 e. The van der Waals surface area contributed by atoms with Crippen LogP contribution in [-0.2, 0) is 6.54 Å². The van der Waals surface area contributed by atoms with E-state index in [-0.39, 0.29) is 17.0 Å². The lowest BCUT2D eigenvalue weighted by molar-refractivity contribution is -0.385. The Bertz CT molecular complexity index is 808. The number of thiophene rings is 1. The van der Waals surface area contributed by atoms with Gasteiger partial charge in [0.1, 0.15) is 5.56 Å². The largest absolute Gasteiger partial charge is 0.493 e. The number of nitro benzene ring substituents is 1. The van der Waals surface area contributed by atoms with Gasteiger partial charge in [-0.3, -0.25) is 14.9 Å². The van der Waals surface area contributed by atoms with Gasteiger partial charge in [0.25, 0.3) is 11.6 Å². The molecule has 0 saturated heterocycles. The number of nitrogens with zero attached hydrogens (tertiary/aromatic N) is 2. The molecule has 1 heterocycles. The van der Waals surface area contributed by atoms with Gasteiger partial charge in [-0.15, -0.1) is 11.3 Å². The van der Waals surface area contributed by atoms with Crippen molar-refractivity contribution in [3.05, 3.63) is 49.2 Å². The predicted molar refractivity (Wildman–Crippen MR) is 101 cm³/mol. The fraction of sp³-hybridized carbons (Fsp3) is 0.353. The third-order valence-electron chi connectivity index (χ3n) is 3.65. The van der Waals surface area contributed by atoms with Gasteiger partial charge in [0.15, 0.2) is 11.5 Å². The van der Waals surface area contributed by atoms with Gasteiger partial charge >= 0.3 is 0 Å². The highest BCUT2D eigenvalue weighted by Crippen LogP contribution is 2.35. The molecular weight excluding hydrogens is 380 g/mol. The molecule has 1 amide bonds. The highest BCUT2D eigenvalue weighted by atomic mass is 35.5. The summed E-state index contributed by atoms with van der Waals surface area (Å²) in [5.41, 5.74) is -0.360. The highest BCUT2D eigenvalue weighted by Gasteiger charge is 2.27. The number of amides is 1. The first-order chi connectivity index (χ1) is 12.4. The molecule has 9 heteroatoms. The molecule has 0 radical (unpaired) electrons. The van der Waals surface area contributed by atoms with E-state index in [2.05, 4.69) is 0 Å². The Morgan fingerprint density at radius 1 is 1.31 bits per heavy atom. The number of halogens is 1. The van der Waals surface area contributed by atoms with E-state index < -0.39 is 10.8 Å². The first-order valence-corrected chi connectivity index (χ1v) is 9.13. The Morgan fingerprint density at radius 3 is 2.54 bits per heavy atom. The molecule has 26 heavy (non-hydrogen) atoms. The zero-order chi connectivity index (χ0) is 19.3. The molecule has 2 rings (SSSR count). The molecule has 0 spiro atoms. The number of carbonyl (C=O) groups is 1. The molecule has 0 N–H and O–H groups in total. The van der Waals surface area contributed by atoms with Crippen LogP contribution in [0.25, 0.3) is 0 Å². The lowest BCUT2D eigenvalue weighted by atomic mass is 10.1. The van der Waals surface area contributed by atoms with Gasteiger partial charge in [0.05, 0.1) is 35.6 Å². The van der Waals surface area contributed by atoms with Crippen molar-refractivity contribution in [1.82, 2.24) is 4.90 Å². The van der Waals surface area contributed by atoms with Crippen LogP contribution in [0.2, 0.25) is 4.34 Å². The summed E-state index contributed by atoms with van der Waals surface area (Å²) in [6, 6.07) is 6.17. The molecule has 7 nitrogen and oxygen atoms in total. The number of hydrogen-bond acceptors (Lipinski definition) is 6. The Balaban J connectivity index is 2.43. The molecule has 0 aliphatic rings. The molecule has 2 aromatic rings. The average molecular weight is 399 g/mol. The van der Waals surface area contributed by atoms with Crippen LogP contribution in [0, 0.1) is 10.1 Å². The first kappa shape index (κ1) is 20.0. The third kappa shape index (κ3) is 4.44. The van der Waals surface area contributed by atoms with Gasteiger partial charge in [0, 0.05) is 17.5 Å². The smallest absolute Gasteiger partial charge is 0.286 e. The van der Waals surface area contributed by atoms with Gasteiger partial charge in [-0.2, -0.15) is 0 Å². The monoisotopic (exact) mass is 398 g/mol. The number of hydrogen-bond donors (Lipinski definition) is 0. The maximum absolute atomic E-state index is 13.0. The quantitative estimate of drug-likeness (QED) is 0.486. The zero-order valence-electron chi connectivity index (χ0n) is 14.7. The summed E-state index contributed by atoms with van der Waals surface area (Å²) in [5.74, 6) is 0.0506. The number of rotatable bonds is 8. The maximum Gasteiger partial charge on any atom is 0.286 e. The van der Waals surface area contributed by atoms with Crippen molar-refractivity contribution in [3.8, 4) is 11.5 Å². The van der Waals surface area contributed by atoms with Crippen LogP contribution in [0.4, 0.5) is 5.69 Å². The van der Waals surface area contributed by atoms with E-state index in [4.69, 9.17) is 21.1 Å². The minimum absolute atomic E-state index is 0.0382. The van der Waals surface area contributed by atoms with Crippen molar-refractivity contribution in [3.63, 3.8) is 0 Å². The summed E-state index contributed by atoms with van der Waals surface area (Å²) in [4.78, 5) is 26.2. The molecule has 0 aliphatic heterocycles.